The number of ketones is 1. The zero-order valence-corrected chi connectivity index (χ0v) is 13.0. The lowest BCUT2D eigenvalue weighted by atomic mass is 10.1. The summed E-state index contributed by atoms with van der Waals surface area (Å²) >= 11 is 0. The average Bonchev–Trinajstić information content (AvgIpc) is 2.47. The predicted molar refractivity (Wildman–Crippen MR) is 84.1 cm³/mol. The zero-order chi connectivity index (χ0) is 17.6. The molecule has 2 amide bonds. The summed E-state index contributed by atoms with van der Waals surface area (Å²) in [5.41, 5.74) is 1.13. The van der Waals surface area contributed by atoms with Crippen LogP contribution in [0.2, 0.25) is 0 Å². The SMILES string of the molecule is CC(=O)c1ccc(NC(=O)/C(C)=C\C(=O)NC(C)C(=O)O)cc1. The molecule has 1 aromatic rings. The molecule has 0 aliphatic heterocycles. The number of carboxylic acid groups (broad SMARTS) is 1. The predicted octanol–water partition coefficient (Wildman–Crippen LogP) is 1.36. The summed E-state index contributed by atoms with van der Waals surface area (Å²) in [5.74, 6) is -2.42. The van der Waals surface area contributed by atoms with E-state index in [2.05, 4.69) is 10.6 Å². The van der Waals surface area contributed by atoms with Gasteiger partial charge in [0.05, 0.1) is 0 Å². The minimum atomic E-state index is -1.17. The zero-order valence-electron chi connectivity index (χ0n) is 13.0. The summed E-state index contributed by atoms with van der Waals surface area (Å²) < 4.78 is 0. The highest BCUT2D eigenvalue weighted by molar-refractivity contribution is 6.07. The van der Waals surface area contributed by atoms with E-state index >= 15 is 0 Å². The number of carbonyl (C=O) groups is 4. The van der Waals surface area contributed by atoms with E-state index in [1.807, 2.05) is 0 Å². The molecular weight excluding hydrogens is 300 g/mol. The molecule has 0 spiro atoms. The third-order valence-corrected chi connectivity index (χ3v) is 2.98. The van der Waals surface area contributed by atoms with Crippen LogP contribution in [0.3, 0.4) is 0 Å². The van der Waals surface area contributed by atoms with Gasteiger partial charge in [0.25, 0.3) is 5.91 Å². The second-order valence-corrected chi connectivity index (χ2v) is 4.98. The Labute approximate surface area is 133 Å². The van der Waals surface area contributed by atoms with Crippen LogP contribution in [0.15, 0.2) is 35.9 Å². The molecule has 1 rings (SSSR count). The van der Waals surface area contributed by atoms with Gasteiger partial charge in [-0.15, -0.1) is 0 Å². The Morgan fingerprint density at radius 2 is 1.65 bits per heavy atom. The molecule has 0 radical (unpaired) electrons. The van der Waals surface area contributed by atoms with Crippen molar-refractivity contribution in [2.75, 3.05) is 5.32 Å². The number of anilines is 1. The van der Waals surface area contributed by atoms with Gasteiger partial charge in [0, 0.05) is 22.9 Å². The molecule has 23 heavy (non-hydrogen) atoms. The van der Waals surface area contributed by atoms with Crippen LogP contribution in [0.4, 0.5) is 5.69 Å². The monoisotopic (exact) mass is 318 g/mol. The van der Waals surface area contributed by atoms with Gasteiger partial charge >= 0.3 is 5.97 Å². The fourth-order valence-corrected chi connectivity index (χ4v) is 1.60. The number of amides is 2. The first-order valence-corrected chi connectivity index (χ1v) is 6.84. The van der Waals surface area contributed by atoms with E-state index in [4.69, 9.17) is 5.11 Å². The Morgan fingerprint density at radius 1 is 1.09 bits per heavy atom. The first-order valence-electron chi connectivity index (χ1n) is 6.84. The van der Waals surface area contributed by atoms with E-state index in [9.17, 15) is 19.2 Å². The Kier molecular flexibility index (Phi) is 6.20. The largest absolute Gasteiger partial charge is 0.480 e. The van der Waals surface area contributed by atoms with Crippen LogP contribution in [0, 0.1) is 0 Å². The molecule has 0 bridgehead atoms. The van der Waals surface area contributed by atoms with Gasteiger partial charge in [0.15, 0.2) is 5.78 Å². The van der Waals surface area contributed by atoms with E-state index in [1.54, 1.807) is 24.3 Å². The van der Waals surface area contributed by atoms with Crippen molar-refractivity contribution in [2.24, 2.45) is 0 Å². The Morgan fingerprint density at radius 3 is 2.13 bits per heavy atom. The summed E-state index contributed by atoms with van der Waals surface area (Å²) in [5, 5.41) is 13.5. The summed E-state index contributed by atoms with van der Waals surface area (Å²) in [4.78, 5) is 45.3. The fraction of sp³-hybridized carbons (Fsp3) is 0.250. The van der Waals surface area contributed by atoms with Crippen LogP contribution in [0.5, 0.6) is 0 Å². The van der Waals surface area contributed by atoms with E-state index < -0.39 is 23.8 Å². The maximum Gasteiger partial charge on any atom is 0.325 e. The number of benzene rings is 1. The summed E-state index contributed by atoms with van der Waals surface area (Å²) in [6.07, 6.45) is 1.03. The number of aliphatic carboxylic acids is 1. The van der Waals surface area contributed by atoms with Crippen molar-refractivity contribution in [3.63, 3.8) is 0 Å². The highest BCUT2D eigenvalue weighted by Crippen LogP contribution is 2.11. The maximum atomic E-state index is 11.9. The smallest absolute Gasteiger partial charge is 0.325 e. The third kappa shape index (κ3) is 5.74. The number of nitrogens with one attached hydrogen (secondary N) is 2. The molecule has 122 valence electrons. The van der Waals surface area contributed by atoms with Crippen LogP contribution < -0.4 is 10.6 Å². The lowest BCUT2D eigenvalue weighted by molar-refractivity contribution is -0.140. The number of hydrogen-bond donors (Lipinski definition) is 3. The molecule has 1 unspecified atom stereocenters. The lowest BCUT2D eigenvalue weighted by Crippen LogP contribution is -2.37. The van der Waals surface area contributed by atoms with Crippen LogP contribution in [0.25, 0.3) is 0 Å². The van der Waals surface area contributed by atoms with E-state index in [1.165, 1.54) is 20.8 Å². The van der Waals surface area contributed by atoms with Crippen molar-refractivity contribution < 1.29 is 24.3 Å². The third-order valence-electron chi connectivity index (χ3n) is 2.98. The molecule has 0 aliphatic carbocycles. The van der Waals surface area contributed by atoms with Gasteiger partial charge in [-0.3, -0.25) is 19.2 Å². The summed E-state index contributed by atoms with van der Waals surface area (Å²) in [6.45, 7) is 4.20. The molecule has 3 N–H and O–H groups in total. The average molecular weight is 318 g/mol. The minimum absolute atomic E-state index is 0.0804. The highest BCUT2D eigenvalue weighted by atomic mass is 16.4. The Hall–Kier alpha value is -2.96. The van der Waals surface area contributed by atoms with Crippen LogP contribution in [-0.2, 0) is 14.4 Å². The van der Waals surface area contributed by atoms with Gasteiger partial charge < -0.3 is 15.7 Å². The van der Waals surface area contributed by atoms with Crippen molar-refractivity contribution in [3.8, 4) is 0 Å². The van der Waals surface area contributed by atoms with Crippen molar-refractivity contribution in [1.82, 2.24) is 5.32 Å². The first-order chi connectivity index (χ1) is 10.7. The van der Waals surface area contributed by atoms with Crippen molar-refractivity contribution in [1.29, 1.82) is 0 Å². The fourth-order valence-electron chi connectivity index (χ4n) is 1.60. The molecule has 0 saturated carbocycles. The van der Waals surface area contributed by atoms with Gasteiger partial charge in [0.1, 0.15) is 6.04 Å². The second kappa shape index (κ2) is 7.88. The highest BCUT2D eigenvalue weighted by Gasteiger charge is 2.14. The molecule has 7 heteroatoms. The number of carboxylic acids is 1. The molecule has 0 aliphatic rings. The molecule has 1 aromatic carbocycles. The second-order valence-electron chi connectivity index (χ2n) is 4.98. The number of Topliss-reactive ketones (excluding diaryl/α,β-unsaturated/α-hetero) is 1. The molecule has 0 aromatic heterocycles. The number of carbonyl (C=O) groups excluding carboxylic acids is 3. The maximum absolute atomic E-state index is 11.9. The van der Waals surface area contributed by atoms with Crippen molar-refractivity contribution in [2.45, 2.75) is 26.8 Å². The summed E-state index contributed by atoms with van der Waals surface area (Å²) in [6, 6.07) is 5.27. The van der Waals surface area contributed by atoms with Gasteiger partial charge in [0.2, 0.25) is 5.91 Å². The van der Waals surface area contributed by atoms with Gasteiger partial charge in [-0.25, -0.2) is 0 Å². The van der Waals surface area contributed by atoms with Crippen LogP contribution >= 0.6 is 0 Å². The van der Waals surface area contributed by atoms with Gasteiger partial charge in [-0.2, -0.15) is 0 Å². The topological polar surface area (TPSA) is 113 Å². The number of hydrogen-bond acceptors (Lipinski definition) is 4. The molecule has 0 heterocycles. The van der Waals surface area contributed by atoms with Crippen molar-refractivity contribution >= 4 is 29.3 Å². The summed E-state index contributed by atoms with van der Waals surface area (Å²) in [7, 11) is 0. The van der Waals surface area contributed by atoms with Crippen LogP contribution in [-0.4, -0.2) is 34.7 Å². The molecule has 1 atom stereocenters. The minimum Gasteiger partial charge on any atom is -0.480 e. The standard InChI is InChI=1S/C16H18N2O5/c1-9(8-14(20)17-10(2)16(22)23)15(21)18-13-6-4-12(5-7-13)11(3)19/h4-8,10H,1-3H3,(H,17,20)(H,18,21)(H,22,23)/b9-8-. The van der Waals surface area contributed by atoms with E-state index in [-0.39, 0.29) is 11.4 Å². The Bertz CT molecular complexity index is 662. The van der Waals surface area contributed by atoms with Gasteiger partial charge in [-0.05, 0) is 45.0 Å². The molecule has 7 nitrogen and oxygen atoms in total. The number of rotatable bonds is 6. The van der Waals surface area contributed by atoms with Gasteiger partial charge in [-0.1, -0.05) is 0 Å². The first kappa shape index (κ1) is 18.1. The van der Waals surface area contributed by atoms with E-state index in [0.717, 1.165) is 6.08 Å². The van der Waals surface area contributed by atoms with Crippen LogP contribution in [0.1, 0.15) is 31.1 Å². The molecular formula is C16H18N2O5. The normalized spacial score (nSPS) is 12.2. The van der Waals surface area contributed by atoms with Crippen molar-refractivity contribution in [3.05, 3.63) is 41.5 Å². The lowest BCUT2D eigenvalue weighted by Gasteiger charge is -2.08. The molecule has 0 fully saturated rings. The van der Waals surface area contributed by atoms with E-state index in [0.29, 0.717) is 11.3 Å². The Balaban J connectivity index is 2.69. The molecule has 0 saturated heterocycles. The quantitative estimate of drug-likeness (QED) is 0.541.